The molecule has 1 unspecified atom stereocenters. The van der Waals surface area contributed by atoms with Crippen molar-refractivity contribution in [2.24, 2.45) is 13.0 Å². The summed E-state index contributed by atoms with van der Waals surface area (Å²) < 4.78 is 1.94. The van der Waals surface area contributed by atoms with Crippen LogP contribution in [0.25, 0.3) is 0 Å². The second kappa shape index (κ2) is 6.40. The molecule has 2 heterocycles. The lowest BCUT2D eigenvalue weighted by atomic mass is 10.0. The second-order valence-electron chi connectivity index (χ2n) is 5.08. The third-order valence-corrected chi connectivity index (χ3v) is 5.05. The predicted molar refractivity (Wildman–Crippen MR) is 79.4 cm³/mol. The first kappa shape index (κ1) is 14.4. The van der Waals surface area contributed by atoms with Gasteiger partial charge < -0.3 is 0 Å². The summed E-state index contributed by atoms with van der Waals surface area (Å²) in [5.74, 6) is 0.774. The summed E-state index contributed by atoms with van der Waals surface area (Å²) >= 11 is 10.00. The SMILES string of the molecule is CCc1nn(C)c(CN2CCCC(CBr)C2)c1Cl. The number of aromatic nitrogens is 2. The summed E-state index contributed by atoms with van der Waals surface area (Å²) in [4.78, 5) is 2.50. The molecular formula is C13H21BrClN3. The highest BCUT2D eigenvalue weighted by Crippen LogP contribution is 2.25. The normalized spacial score (nSPS) is 21.4. The first-order chi connectivity index (χ1) is 8.65. The van der Waals surface area contributed by atoms with Gasteiger partial charge in [-0.1, -0.05) is 34.5 Å². The molecule has 0 N–H and O–H groups in total. The predicted octanol–water partition coefficient (Wildman–Crippen LogP) is 3.24. The summed E-state index contributed by atoms with van der Waals surface area (Å²) in [6.07, 6.45) is 3.52. The summed E-state index contributed by atoms with van der Waals surface area (Å²) in [6, 6.07) is 0. The van der Waals surface area contributed by atoms with Gasteiger partial charge in [0, 0.05) is 25.5 Å². The number of piperidine rings is 1. The van der Waals surface area contributed by atoms with Gasteiger partial charge in [0.2, 0.25) is 0 Å². The lowest BCUT2D eigenvalue weighted by Crippen LogP contribution is -2.36. The zero-order valence-corrected chi connectivity index (χ0v) is 13.5. The fourth-order valence-electron chi connectivity index (χ4n) is 2.62. The lowest BCUT2D eigenvalue weighted by Gasteiger charge is -2.31. The fourth-order valence-corrected chi connectivity index (χ4v) is 3.51. The van der Waals surface area contributed by atoms with Crippen LogP contribution in [0.1, 0.15) is 31.2 Å². The molecule has 102 valence electrons. The molecule has 3 nitrogen and oxygen atoms in total. The van der Waals surface area contributed by atoms with E-state index in [1.165, 1.54) is 19.4 Å². The molecule has 0 aliphatic carbocycles. The number of rotatable bonds is 4. The van der Waals surface area contributed by atoms with Crippen LogP contribution in [0.15, 0.2) is 0 Å². The molecule has 1 aromatic heterocycles. The van der Waals surface area contributed by atoms with E-state index in [2.05, 4.69) is 32.9 Å². The van der Waals surface area contributed by atoms with E-state index in [1.54, 1.807) is 0 Å². The van der Waals surface area contributed by atoms with Crippen LogP contribution in [0.5, 0.6) is 0 Å². The first-order valence-corrected chi connectivity index (χ1v) is 8.14. The van der Waals surface area contributed by atoms with Crippen molar-refractivity contribution in [2.75, 3.05) is 18.4 Å². The molecule has 0 amide bonds. The van der Waals surface area contributed by atoms with Crippen molar-refractivity contribution in [3.05, 3.63) is 16.4 Å². The van der Waals surface area contributed by atoms with Gasteiger partial charge in [0.25, 0.3) is 0 Å². The van der Waals surface area contributed by atoms with Crippen molar-refractivity contribution < 1.29 is 0 Å². The Kier molecular flexibility index (Phi) is 5.10. The van der Waals surface area contributed by atoms with Gasteiger partial charge in [-0.15, -0.1) is 0 Å². The van der Waals surface area contributed by atoms with Crippen LogP contribution in [0.3, 0.4) is 0 Å². The van der Waals surface area contributed by atoms with Gasteiger partial charge >= 0.3 is 0 Å². The van der Waals surface area contributed by atoms with Crippen molar-refractivity contribution in [1.29, 1.82) is 0 Å². The van der Waals surface area contributed by atoms with Crippen LogP contribution in [0.2, 0.25) is 5.02 Å². The van der Waals surface area contributed by atoms with Crippen LogP contribution in [-0.4, -0.2) is 33.1 Å². The number of hydrogen-bond acceptors (Lipinski definition) is 2. The Morgan fingerprint density at radius 1 is 1.50 bits per heavy atom. The monoisotopic (exact) mass is 333 g/mol. The van der Waals surface area contributed by atoms with Crippen LogP contribution >= 0.6 is 27.5 Å². The number of alkyl halides is 1. The van der Waals surface area contributed by atoms with Gasteiger partial charge in [0.15, 0.2) is 0 Å². The molecule has 1 aromatic rings. The smallest absolute Gasteiger partial charge is 0.0863 e. The molecule has 18 heavy (non-hydrogen) atoms. The second-order valence-corrected chi connectivity index (χ2v) is 6.11. The maximum absolute atomic E-state index is 6.40. The minimum absolute atomic E-state index is 0.774. The average molecular weight is 335 g/mol. The lowest BCUT2D eigenvalue weighted by molar-refractivity contribution is 0.175. The van der Waals surface area contributed by atoms with Gasteiger partial charge in [-0.25, -0.2) is 0 Å². The summed E-state index contributed by atoms with van der Waals surface area (Å²) in [5.41, 5.74) is 2.17. The minimum atomic E-state index is 0.774. The van der Waals surface area contributed by atoms with E-state index in [4.69, 9.17) is 11.6 Å². The van der Waals surface area contributed by atoms with Crippen molar-refractivity contribution >= 4 is 27.5 Å². The Labute approximate surface area is 123 Å². The highest BCUT2D eigenvalue weighted by atomic mass is 79.9. The Bertz CT molecular complexity index is 405. The summed E-state index contributed by atoms with van der Waals surface area (Å²) in [7, 11) is 1.99. The van der Waals surface area contributed by atoms with Crippen LogP contribution in [0.4, 0.5) is 0 Å². The average Bonchev–Trinajstić information content (AvgIpc) is 2.66. The van der Waals surface area contributed by atoms with E-state index >= 15 is 0 Å². The maximum atomic E-state index is 6.40. The standard InChI is InChI=1S/C13H21BrClN3/c1-3-11-13(15)12(17(2)16-11)9-18-6-4-5-10(7-14)8-18/h10H,3-9H2,1-2H3. The molecule has 1 aliphatic heterocycles. The van der Waals surface area contributed by atoms with Crippen molar-refractivity contribution in [3.63, 3.8) is 0 Å². The van der Waals surface area contributed by atoms with Gasteiger partial charge in [-0.3, -0.25) is 9.58 Å². The molecule has 1 aliphatic rings. The number of halogens is 2. The van der Waals surface area contributed by atoms with E-state index in [-0.39, 0.29) is 0 Å². The third kappa shape index (κ3) is 3.09. The fraction of sp³-hybridized carbons (Fsp3) is 0.769. The van der Waals surface area contributed by atoms with E-state index in [1.807, 2.05) is 11.7 Å². The molecule has 1 saturated heterocycles. The number of hydrogen-bond donors (Lipinski definition) is 0. The topological polar surface area (TPSA) is 21.1 Å². The number of nitrogens with zero attached hydrogens (tertiary/aromatic N) is 3. The number of aryl methyl sites for hydroxylation is 2. The van der Waals surface area contributed by atoms with Crippen molar-refractivity contribution in [2.45, 2.75) is 32.7 Å². The molecule has 2 rings (SSSR count). The van der Waals surface area contributed by atoms with Gasteiger partial charge in [0.1, 0.15) is 0 Å². The molecule has 0 saturated carbocycles. The Morgan fingerprint density at radius 2 is 2.28 bits per heavy atom. The van der Waals surface area contributed by atoms with Gasteiger partial charge in [-0.2, -0.15) is 5.10 Å². The molecule has 1 fully saturated rings. The molecular weight excluding hydrogens is 314 g/mol. The quantitative estimate of drug-likeness (QED) is 0.788. The maximum Gasteiger partial charge on any atom is 0.0863 e. The van der Waals surface area contributed by atoms with Crippen molar-refractivity contribution in [1.82, 2.24) is 14.7 Å². The highest BCUT2D eigenvalue weighted by Gasteiger charge is 2.22. The largest absolute Gasteiger partial charge is 0.297 e. The molecule has 1 atom stereocenters. The van der Waals surface area contributed by atoms with E-state index in [0.29, 0.717) is 0 Å². The molecule has 0 radical (unpaired) electrons. The first-order valence-electron chi connectivity index (χ1n) is 6.64. The Balaban J connectivity index is 2.07. The van der Waals surface area contributed by atoms with Crippen molar-refractivity contribution in [3.8, 4) is 0 Å². The molecule has 0 spiro atoms. The number of likely N-dealkylation sites (tertiary alicyclic amines) is 1. The minimum Gasteiger partial charge on any atom is -0.297 e. The van der Waals surface area contributed by atoms with E-state index < -0.39 is 0 Å². The van der Waals surface area contributed by atoms with Gasteiger partial charge in [0.05, 0.1) is 16.4 Å². The Morgan fingerprint density at radius 3 is 2.89 bits per heavy atom. The van der Waals surface area contributed by atoms with E-state index in [0.717, 1.165) is 47.2 Å². The zero-order chi connectivity index (χ0) is 13.1. The summed E-state index contributed by atoms with van der Waals surface area (Å²) in [5, 5.41) is 6.44. The summed E-state index contributed by atoms with van der Waals surface area (Å²) in [6.45, 7) is 5.35. The van der Waals surface area contributed by atoms with Crippen LogP contribution in [0, 0.1) is 5.92 Å². The molecule has 5 heteroatoms. The molecule has 0 aromatic carbocycles. The third-order valence-electron chi connectivity index (χ3n) is 3.70. The Hall–Kier alpha value is -0.0600. The van der Waals surface area contributed by atoms with E-state index in [9.17, 15) is 0 Å². The van der Waals surface area contributed by atoms with Crippen LogP contribution in [-0.2, 0) is 20.0 Å². The zero-order valence-electron chi connectivity index (χ0n) is 11.1. The van der Waals surface area contributed by atoms with Gasteiger partial charge in [-0.05, 0) is 31.7 Å². The van der Waals surface area contributed by atoms with Crippen LogP contribution < -0.4 is 0 Å². The molecule has 0 bridgehead atoms. The highest BCUT2D eigenvalue weighted by molar-refractivity contribution is 9.09.